The van der Waals surface area contributed by atoms with E-state index in [1.165, 1.54) is 70.4 Å². The molecule has 9 aromatic rings. The Balaban J connectivity index is 1.23. The second-order valence-electron chi connectivity index (χ2n) is 12.4. The van der Waals surface area contributed by atoms with Crippen LogP contribution in [0, 0.1) is 0 Å². The Kier molecular flexibility index (Phi) is 6.07. The van der Waals surface area contributed by atoms with Gasteiger partial charge in [0.1, 0.15) is 23.0 Å². The molecule has 0 amide bonds. The number of aryl methyl sites for hydroxylation is 1. The highest BCUT2D eigenvalue weighted by Crippen LogP contribution is 2.47. The normalized spacial score (nSPS) is 14.6. The molecule has 3 aromatic heterocycles. The zero-order valence-electron chi connectivity index (χ0n) is 26.4. The van der Waals surface area contributed by atoms with E-state index in [-0.39, 0.29) is 5.92 Å². The summed E-state index contributed by atoms with van der Waals surface area (Å²) in [6.07, 6.45) is 0. The van der Waals surface area contributed by atoms with E-state index < -0.39 is 0 Å². The van der Waals surface area contributed by atoms with Crippen LogP contribution in [-0.4, -0.2) is 31.9 Å². The third-order valence-corrected chi connectivity index (χ3v) is 12.0. The van der Waals surface area contributed by atoms with Gasteiger partial charge in [0, 0.05) is 40.7 Å². The molecule has 1 unspecified atom stereocenters. The van der Waals surface area contributed by atoms with Crippen LogP contribution in [0.25, 0.3) is 63.9 Å². The first-order valence-corrected chi connectivity index (χ1v) is 17.8. The lowest BCUT2D eigenvalue weighted by molar-refractivity contribution is -0.401. The summed E-state index contributed by atoms with van der Waals surface area (Å²) in [5.74, 6) is 0.0359. The molecule has 6 heteroatoms. The Labute approximate surface area is 285 Å². The van der Waals surface area contributed by atoms with E-state index in [1.807, 2.05) is 0 Å². The van der Waals surface area contributed by atoms with E-state index >= 15 is 0 Å². The number of benzene rings is 6. The number of rotatable bonds is 4. The van der Waals surface area contributed by atoms with Gasteiger partial charge in [0.05, 0.1) is 31.7 Å². The summed E-state index contributed by atoms with van der Waals surface area (Å²) in [4.78, 5) is 10.4. The number of aromatic nitrogens is 3. The molecule has 4 heterocycles. The standard InChI is InChI=1S/C42H29N4S2/c1-45-33-21-7-3-13-29(33)37(41-43-31-19-5-9-23-35(31)47-41)39(45)27-17-11-16-26-25(27)15-12-18-28(26)40-38(30-14-4-8-22-34(30)46(40)2)42-44-32-20-6-10-24-36(32)48-42/h3-24,37H,1-2H3/q+1. The fourth-order valence-electron chi connectivity index (χ4n) is 7.75. The van der Waals surface area contributed by atoms with Gasteiger partial charge in [-0.1, -0.05) is 91.0 Å². The molecular weight excluding hydrogens is 625 g/mol. The van der Waals surface area contributed by atoms with Crippen LogP contribution in [0.3, 0.4) is 0 Å². The smallest absolute Gasteiger partial charge is 0.209 e. The largest absolute Gasteiger partial charge is 0.343 e. The average molecular weight is 654 g/mol. The second-order valence-corrected chi connectivity index (χ2v) is 14.5. The summed E-state index contributed by atoms with van der Waals surface area (Å²) in [7, 11) is 4.40. The molecule has 1 aliphatic rings. The van der Waals surface area contributed by atoms with Crippen molar-refractivity contribution in [2.24, 2.45) is 7.05 Å². The molecule has 10 rings (SSSR count). The van der Waals surface area contributed by atoms with Crippen LogP contribution < -0.4 is 0 Å². The van der Waals surface area contributed by atoms with E-state index in [0.29, 0.717) is 0 Å². The lowest BCUT2D eigenvalue weighted by Gasteiger charge is -2.14. The van der Waals surface area contributed by atoms with Crippen molar-refractivity contribution in [3.05, 3.63) is 150 Å². The van der Waals surface area contributed by atoms with Gasteiger partial charge in [-0.3, -0.25) is 0 Å². The highest BCUT2D eigenvalue weighted by molar-refractivity contribution is 7.21. The number of fused-ring (bicyclic) bond motifs is 5. The Morgan fingerprint density at radius 1 is 0.604 bits per heavy atom. The fraction of sp³-hybridized carbons (Fsp3) is 0.0714. The molecule has 48 heavy (non-hydrogen) atoms. The highest BCUT2D eigenvalue weighted by atomic mass is 32.1. The summed E-state index contributed by atoms with van der Waals surface area (Å²) in [5.41, 5.74) is 11.9. The zero-order chi connectivity index (χ0) is 31.9. The molecule has 0 fully saturated rings. The van der Waals surface area contributed by atoms with Gasteiger partial charge in [-0.25, -0.2) is 9.97 Å². The molecule has 0 N–H and O–H groups in total. The van der Waals surface area contributed by atoms with Gasteiger partial charge in [0.15, 0.2) is 0 Å². The van der Waals surface area contributed by atoms with E-state index in [4.69, 9.17) is 9.97 Å². The minimum Gasteiger partial charge on any atom is -0.343 e. The summed E-state index contributed by atoms with van der Waals surface area (Å²) >= 11 is 3.57. The molecule has 0 bridgehead atoms. The number of nitrogens with zero attached hydrogens (tertiary/aromatic N) is 4. The van der Waals surface area contributed by atoms with Gasteiger partial charge < -0.3 is 4.57 Å². The van der Waals surface area contributed by atoms with Crippen LogP contribution in [0.5, 0.6) is 0 Å². The summed E-state index contributed by atoms with van der Waals surface area (Å²) in [6.45, 7) is 0. The first-order chi connectivity index (χ1) is 23.7. The van der Waals surface area contributed by atoms with Gasteiger partial charge in [-0.2, -0.15) is 4.58 Å². The quantitative estimate of drug-likeness (QED) is 0.177. The molecule has 4 nitrogen and oxygen atoms in total. The topological polar surface area (TPSA) is 33.7 Å². The van der Waals surface area contributed by atoms with Crippen LogP contribution in [-0.2, 0) is 7.05 Å². The van der Waals surface area contributed by atoms with Crippen molar-refractivity contribution in [3.8, 4) is 21.8 Å². The van der Waals surface area contributed by atoms with Crippen molar-refractivity contribution in [1.29, 1.82) is 0 Å². The molecule has 0 radical (unpaired) electrons. The fourth-order valence-corrected chi connectivity index (χ4v) is 9.87. The van der Waals surface area contributed by atoms with Gasteiger partial charge in [-0.15, -0.1) is 22.7 Å². The summed E-state index contributed by atoms with van der Waals surface area (Å²) in [5, 5.41) is 5.85. The maximum atomic E-state index is 5.21. The van der Waals surface area contributed by atoms with Gasteiger partial charge in [0.25, 0.3) is 0 Å². The van der Waals surface area contributed by atoms with E-state index in [2.05, 4.69) is 157 Å². The van der Waals surface area contributed by atoms with Crippen LogP contribution >= 0.6 is 22.7 Å². The minimum absolute atomic E-state index is 0.0359. The third-order valence-electron chi connectivity index (χ3n) is 9.87. The Hall–Kier alpha value is -5.43. The molecule has 0 saturated heterocycles. The summed E-state index contributed by atoms with van der Waals surface area (Å²) < 4.78 is 7.16. The van der Waals surface area contributed by atoms with Crippen molar-refractivity contribution in [3.63, 3.8) is 0 Å². The lowest BCUT2D eigenvalue weighted by atomic mass is 9.88. The zero-order valence-corrected chi connectivity index (χ0v) is 28.0. The van der Waals surface area contributed by atoms with Gasteiger partial charge in [0.2, 0.25) is 11.4 Å². The molecule has 1 aliphatic heterocycles. The first-order valence-electron chi connectivity index (χ1n) is 16.2. The summed E-state index contributed by atoms with van der Waals surface area (Å²) in [6, 6.07) is 48.0. The highest BCUT2D eigenvalue weighted by Gasteiger charge is 2.42. The Bertz CT molecular complexity index is 2710. The molecule has 0 aliphatic carbocycles. The van der Waals surface area contributed by atoms with Crippen LogP contribution in [0.15, 0.2) is 133 Å². The molecule has 0 spiro atoms. The maximum Gasteiger partial charge on any atom is 0.209 e. The predicted molar refractivity (Wildman–Crippen MR) is 202 cm³/mol. The average Bonchev–Trinajstić information content (AvgIpc) is 3.89. The van der Waals surface area contributed by atoms with Gasteiger partial charge in [-0.05, 0) is 47.2 Å². The van der Waals surface area contributed by atoms with Crippen molar-refractivity contribution in [2.75, 3.05) is 7.05 Å². The van der Waals surface area contributed by atoms with Crippen molar-refractivity contribution < 1.29 is 4.58 Å². The molecule has 228 valence electrons. The van der Waals surface area contributed by atoms with E-state index in [1.54, 1.807) is 22.7 Å². The van der Waals surface area contributed by atoms with Crippen LogP contribution in [0.1, 0.15) is 22.1 Å². The predicted octanol–water partition coefficient (Wildman–Crippen LogP) is 10.8. The molecule has 0 saturated carbocycles. The number of hydrogen-bond acceptors (Lipinski definition) is 4. The minimum atomic E-state index is 0.0359. The third kappa shape index (κ3) is 3.97. The number of hydrogen-bond donors (Lipinski definition) is 0. The Morgan fingerprint density at radius 2 is 1.23 bits per heavy atom. The molecular formula is C42H29N4S2+. The van der Waals surface area contributed by atoms with Gasteiger partial charge >= 0.3 is 0 Å². The Morgan fingerprint density at radius 3 is 2.02 bits per heavy atom. The van der Waals surface area contributed by atoms with Crippen molar-refractivity contribution in [2.45, 2.75) is 5.92 Å². The van der Waals surface area contributed by atoms with Crippen LogP contribution in [0.2, 0.25) is 0 Å². The second kappa shape index (κ2) is 10.5. The van der Waals surface area contributed by atoms with Crippen molar-refractivity contribution in [1.82, 2.24) is 14.5 Å². The van der Waals surface area contributed by atoms with Crippen LogP contribution in [0.4, 0.5) is 5.69 Å². The number of para-hydroxylation sites is 4. The molecule has 6 aromatic carbocycles. The van der Waals surface area contributed by atoms with E-state index in [0.717, 1.165) is 21.0 Å². The molecule has 1 atom stereocenters. The van der Waals surface area contributed by atoms with Crippen molar-refractivity contribution >= 4 is 76.2 Å². The number of thiazole rings is 2. The monoisotopic (exact) mass is 653 g/mol. The lowest BCUT2D eigenvalue weighted by Crippen LogP contribution is -2.17. The maximum absolute atomic E-state index is 5.21. The SMILES string of the molecule is Cn1c(-c2cccc3c(C4=[N+](C)c5ccccc5C4c4nc5ccccc5s4)cccc23)c(-c2nc3ccccc3s2)c2ccccc21. The van der Waals surface area contributed by atoms with E-state index in [9.17, 15) is 0 Å². The first kappa shape index (κ1) is 27.7.